The summed E-state index contributed by atoms with van der Waals surface area (Å²) >= 11 is 1.79. The number of hydrogen-bond donors (Lipinski definition) is 1. The first-order valence-corrected chi connectivity index (χ1v) is 6.09. The molecule has 0 saturated heterocycles. The molecule has 2 heteroatoms. The van der Waals surface area contributed by atoms with E-state index in [1.807, 2.05) is 0 Å². The van der Waals surface area contributed by atoms with Gasteiger partial charge in [-0.25, -0.2) is 0 Å². The topological polar surface area (TPSA) is 26.0 Å². The first kappa shape index (κ1) is 12.2. The maximum Gasteiger partial charge on any atom is 0.0143 e. The Kier molecular flexibility index (Phi) is 5.31. The molecule has 0 spiro atoms. The van der Waals surface area contributed by atoms with E-state index in [1.54, 1.807) is 11.8 Å². The standard InChI is InChI=1S/C13H17NS/c1-3-4-5-12(14)10-15-13-8-6-11(2)7-9-13/h1,6-9,12H,4-5,10,14H2,2H3. The Bertz CT molecular complexity index is 323. The molecule has 1 aromatic rings. The summed E-state index contributed by atoms with van der Waals surface area (Å²) in [6.07, 6.45) is 6.87. The minimum Gasteiger partial charge on any atom is -0.327 e. The van der Waals surface area contributed by atoms with Crippen LogP contribution in [-0.2, 0) is 0 Å². The first-order valence-electron chi connectivity index (χ1n) is 5.11. The minimum atomic E-state index is 0.201. The molecular formula is C13H17NS. The van der Waals surface area contributed by atoms with E-state index < -0.39 is 0 Å². The summed E-state index contributed by atoms with van der Waals surface area (Å²) in [7, 11) is 0. The molecule has 2 N–H and O–H groups in total. The highest BCUT2D eigenvalue weighted by atomic mass is 32.2. The van der Waals surface area contributed by atoms with Crippen molar-refractivity contribution in [2.75, 3.05) is 5.75 Å². The molecular weight excluding hydrogens is 202 g/mol. The highest BCUT2D eigenvalue weighted by Gasteiger charge is 2.02. The largest absolute Gasteiger partial charge is 0.327 e. The zero-order chi connectivity index (χ0) is 11.1. The molecule has 1 rings (SSSR count). The molecule has 1 unspecified atom stereocenters. The summed E-state index contributed by atoms with van der Waals surface area (Å²) in [4.78, 5) is 1.27. The van der Waals surface area contributed by atoms with E-state index in [1.165, 1.54) is 10.5 Å². The van der Waals surface area contributed by atoms with Gasteiger partial charge in [-0.1, -0.05) is 17.7 Å². The van der Waals surface area contributed by atoms with Crippen LogP contribution in [0, 0.1) is 19.3 Å². The smallest absolute Gasteiger partial charge is 0.0143 e. The van der Waals surface area contributed by atoms with Crippen LogP contribution < -0.4 is 5.73 Å². The van der Waals surface area contributed by atoms with Crippen LogP contribution in [0.4, 0.5) is 0 Å². The maximum absolute atomic E-state index is 5.92. The minimum absolute atomic E-state index is 0.201. The SMILES string of the molecule is C#CCCC(N)CSc1ccc(C)cc1. The van der Waals surface area contributed by atoms with Crippen molar-refractivity contribution < 1.29 is 0 Å². The van der Waals surface area contributed by atoms with Gasteiger partial charge in [0.25, 0.3) is 0 Å². The van der Waals surface area contributed by atoms with Gasteiger partial charge in [-0.3, -0.25) is 0 Å². The van der Waals surface area contributed by atoms with Gasteiger partial charge in [0.05, 0.1) is 0 Å². The van der Waals surface area contributed by atoms with Gasteiger partial charge in [-0.05, 0) is 25.5 Å². The molecule has 0 aliphatic carbocycles. The molecule has 0 aromatic heterocycles. The summed E-state index contributed by atoms with van der Waals surface area (Å²) in [5, 5.41) is 0. The van der Waals surface area contributed by atoms with E-state index in [0.717, 1.165) is 18.6 Å². The molecule has 0 amide bonds. The molecule has 1 atom stereocenters. The van der Waals surface area contributed by atoms with Crippen molar-refractivity contribution in [2.24, 2.45) is 5.73 Å². The van der Waals surface area contributed by atoms with Gasteiger partial charge in [0.15, 0.2) is 0 Å². The number of aryl methyl sites for hydroxylation is 1. The lowest BCUT2D eigenvalue weighted by atomic mass is 10.2. The van der Waals surface area contributed by atoms with Gasteiger partial charge in [-0.2, -0.15) is 0 Å². The molecule has 0 bridgehead atoms. The van der Waals surface area contributed by atoms with E-state index in [-0.39, 0.29) is 6.04 Å². The molecule has 15 heavy (non-hydrogen) atoms. The van der Waals surface area contributed by atoms with Crippen molar-refractivity contribution >= 4 is 11.8 Å². The Morgan fingerprint density at radius 3 is 2.67 bits per heavy atom. The predicted molar refractivity (Wildman–Crippen MR) is 67.9 cm³/mol. The Morgan fingerprint density at radius 1 is 1.40 bits per heavy atom. The second-order valence-electron chi connectivity index (χ2n) is 3.63. The quantitative estimate of drug-likeness (QED) is 0.609. The summed E-state index contributed by atoms with van der Waals surface area (Å²) in [6.45, 7) is 2.09. The van der Waals surface area contributed by atoms with Crippen molar-refractivity contribution in [3.8, 4) is 12.3 Å². The molecule has 0 aliphatic heterocycles. The Balaban J connectivity index is 2.31. The Labute approximate surface area is 96.4 Å². The second kappa shape index (κ2) is 6.55. The second-order valence-corrected chi connectivity index (χ2v) is 4.72. The van der Waals surface area contributed by atoms with Crippen LogP contribution in [0.2, 0.25) is 0 Å². The third-order valence-corrected chi connectivity index (χ3v) is 3.34. The summed E-state index contributed by atoms with van der Waals surface area (Å²) in [5.74, 6) is 3.55. The van der Waals surface area contributed by atoms with Crippen LogP contribution in [0.5, 0.6) is 0 Å². The van der Waals surface area contributed by atoms with E-state index in [2.05, 4.69) is 37.1 Å². The fourth-order valence-electron chi connectivity index (χ4n) is 1.19. The lowest BCUT2D eigenvalue weighted by molar-refractivity contribution is 0.692. The molecule has 1 nitrogen and oxygen atoms in total. The highest BCUT2D eigenvalue weighted by molar-refractivity contribution is 7.99. The number of terminal acetylenes is 1. The number of nitrogens with two attached hydrogens (primary N) is 1. The van der Waals surface area contributed by atoms with Crippen LogP contribution in [0.1, 0.15) is 18.4 Å². The summed E-state index contributed by atoms with van der Waals surface area (Å²) < 4.78 is 0. The lowest BCUT2D eigenvalue weighted by Gasteiger charge is -2.09. The lowest BCUT2D eigenvalue weighted by Crippen LogP contribution is -2.22. The number of thioether (sulfide) groups is 1. The summed E-state index contributed by atoms with van der Waals surface area (Å²) in [5.41, 5.74) is 7.21. The Hall–Kier alpha value is -0.910. The normalized spacial score (nSPS) is 12.1. The fourth-order valence-corrected chi connectivity index (χ4v) is 2.09. The van der Waals surface area contributed by atoms with Gasteiger partial charge in [0.1, 0.15) is 0 Å². The molecule has 1 aromatic carbocycles. The molecule has 0 radical (unpaired) electrons. The third kappa shape index (κ3) is 4.92. The average molecular weight is 219 g/mol. The highest BCUT2D eigenvalue weighted by Crippen LogP contribution is 2.19. The molecule has 0 heterocycles. The van der Waals surface area contributed by atoms with Gasteiger partial charge < -0.3 is 5.73 Å². The summed E-state index contributed by atoms with van der Waals surface area (Å²) in [6, 6.07) is 8.71. The van der Waals surface area contributed by atoms with Gasteiger partial charge >= 0.3 is 0 Å². The van der Waals surface area contributed by atoms with Crippen LogP contribution in [0.25, 0.3) is 0 Å². The van der Waals surface area contributed by atoms with Crippen molar-refractivity contribution in [2.45, 2.75) is 30.7 Å². The average Bonchev–Trinajstić information content (AvgIpc) is 2.25. The fraction of sp³-hybridized carbons (Fsp3) is 0.385. The Morgan fingerprint density at radius 2 is 2.07 bits per heavy atom. The van der Waals surface area contributed by atoms with Crippen LogP contribution in [-0.4, -0.2) is 11.8 Å². The van der Waals surface area contributed by atoms with Gasteiger partial charge in [0, 0.05) is 23.1 Å². The zero-order valence-electron chi connectivity index (χ0n) is 9.07. The number of benzene rings is 1. The van der Waals surface area contributed by atoms with Crippen molar-refractivity contribution in [3.05, 3.63) is 29.8 Å². The molecule has 0 saturated carbocycles. The molecule has 0 fully saturated rings. The number of rotatable bonds is 5. The molecule has 0 aliphatic rings. The van der Waals surface area contributed by atoms with Crippen molar-refractivity contribution in [1.82, 2.24) is 0 Å². The first-order chi connectivity index (χ1) is 7.22. The van der Waals surface area contributed by atoms with E-state index >= 15 is 0 Å². The third-order valence-electron chi connectivity index (χ3n) is 2.14. The van der Waals surface area contributed by atoms with Crippen molar-refractivity contribution in [1.29, 1.82) is 0 Å². The van der Waals surface area contributed by atoms with E-state index in [4.69, 9.17) is 12.2 Å². The van der Waals surface area contributed by atoms with Crippen molar-refractivity contribution in [3.63, 3.8) is 0 Å². The van der Waals surface area contributed by atoms with E-state index in [9.17, 15) is 0 Å². The van der Waals surface area contributed by atoms with Crippen LogP contribution in [0.3, 0.4) is 0 Å². The van der Waals surface area contributed by atoms with E-state index in [0.29, 0.717) is 0 Å². The number of hydrogen-bond acceptors (Lipinski definition) is 2. The maximum atomic E-state index is 5.92. The van der Waals surface area contributed by atoms with Crippen LogP contribution >= 0.6 is 11.8 Å². The molecule has 80 valence electrons. The van der Waals surface area contributed by atoms with Crippen LogP contribution in [0.15, 0.2) is 29.2 Å². The van der Waals surface area contributed by atoms with Gasteiger partial charge in [0.2, 0.25) is 0 Å². The zero-order valence-corrected chi connectivity index (χ0v) is 9.89. The predicted octanol–water partition coefficient (Wildman–Crippen LogP) is 2.83. The monoisotopic (exact) mass is 219 g/mol. The van der Waals surface area contributed by atoms with Gasteiger partial charge in [-0.15, -0.1) is 24.1 Å².